The standard InChI is InChI=1S/C30H35Cl2N3O4S/c1-5-22(3)33-30(37)28(17-23-9-7-6-8-10-23)35(19-24-13-14-25(31)18-27(24)32)29(36)20-34(4)40(38,39)26-15-11-21(2)12-16-26/h6-16,18,22,28H,5,17,19-20H2,1-4H3,(H,33,37)/t22-,28-/m1/s1. The van der Waals surface area contributed by atoms with Gasteiger partial charge in [-0.25, -0.2) is 8.42 Å². The summed E-state index contributed by atoms with van der Waals surface area (Å²) < 4.78 is 27.5. The number of nitrogens with zero attached hydrogens (tertiary/aromatic N) is 2. The Bertz CT molecular complexity index is 1420. The van der Waals surface area contributed by atoms with Gasteiger partial charge in [-0.1, -0.05) is 84.2 Å². The van der Waals surface area contributed by atoms with Gasteiger partial charge in [0, 0.05) is 36.1 Å². The molecule has 0 unspecified atom stereocenters. The highest BCUT2D eigenvalue weighted by Gasteiger charge is 2.33. The average Bonchev–Trinajstić information content (AvgIpc) is 2.92. The molecule has 2 amide bonds. The maximum atomic E-state index is 13.9. The zero-order valence-corrected chi connectivity index (χ0v) is 25.4. The molecule has 3 rings (SSSR count). The number of nitrogens with one attached hydrogen (secondary N) is 1. The van der Waals surface area contributed by atoms with Crippen molar-refractivity contribution in [2.24, 2.45) is 0 Å². The Morgan fingerprint density at radius 3 is 2.23 bits per heavy atom. The molecular weight excluding hydrogens is 569 g/mol. The highest BCUT2D eigenvalue weighted by atomic mass is 35.5. The Morgan fingerprint density at radius 2 is 1.62 bits per heavy atom. The summed E-state index contributed by atoms with van der Waals surface area (Å²) in [4.78, 5) is 29.1. The van der Waals surface area contributed by atoms with E-state index in [0.717, 1.165) is 15.4 Å². The van der Waals surface area contributed by atoms with Crippen LogP contribution in [0.3, 0.4) is 0 Å². The van der Waals surface area contributed by atoms with Crippen molar-refractivity contribution in [3.63, 3.8) is 0 Å². The van der Waals surface area contributed by atoms with Gasteiger partial charge in [0.15, 0.2) is 0 Å². The Balaban J connectivity index is 2.01. The lowest BCUT2D eigenvalue weighted by atomic mass is 10.0. The van der Waals surface area contributed by atoms with Crippen LogP contribution in [-0.2, 0) is 32.6 Å². The Hall–Kier alpha value is -2.91. The van der Waals surface area contributed by atoms with Crippen molar-refractivity contribution in [1.29, 1.82) is 0 Å². The Kier molecular flexibility index (Phi) is 11.2. The number of halogens is 2. The van der Waals surface area contributed by atoms with Gasteiger partial charge in [0.05, 0.1) is 11.4 Å². The minimum atomic E-state index is -3.96. The first-order valence-electron chi connectivity index (χ1n) is 13.0. The van der Waals surface area contributed by atoms with E-state index in [1.54, 1.807) is 30.3 Å². The van der Waals surface area contributed by atoms with Crippen molar-refractivity contribution < 1.29 is 18.0 Å². The van der Waals surface area contributed by atoms with Crippen LogP contribution in [0.15, 0.2) is 77.7 Å². The second-order valence-corrected chi connectivity index (χ2v) is 12.7. The summed E-state index contributed by atoms with van der Waals surface area (Å²) in [7, 11) is -2.60. The van der Waals surface area contributed by atoms with Crippen molar-refractivity contribution in [3.8, 4) is 0 Å². The number of aryl methyl sites for hydroxylation is 1. The third kappa shape index (κ3) is 8.30. The number of carbonyl (C=O) groups is 2. The van der Waals surface area contributed by atoms with E-state index in [0.29, 0.717) is 22.0 Å². The molecule has 40 heavy (non-hydrogen) atoms. The topological polar surface area (TPSA) is 86.8 Å². The Labute approximate surface area is 247 Å². The number of amides is 2. The second-order valence-electron chi connectivity index (χ2n) is 9.85. The number of hydrogen-bond acceptors (Lipinski definition) is 4. The minimum Gasteiger partial charge on any atom is -0.352 e. The van der Waals surface area contributed by atoms with Gasteiger partial charge in [-0.05, 0) is 55.7 Å². The number of likely N-dealkylation sites (N-methyl/N-ethyl adjacent to an activating group) is 1. The predicted octanol–water partition coefficient (Wildman–Crippen LogP) is 5.48. The molecule has 0 spiro atoms. The van der Waals surface area contributed by atoms with E-state index in [1.165, 1.54) is 24.1 Å². The lowest BCUT2D eigenvalue weighted by molar-refractivity contribution is -0.141. The van der Waals surface area contributed by atoms with Crippen LogP contribution in [0.4, 0.5) is 0 Å². The predicted molar refractivity (Wildman–Crippen MR) is 160 cm³/mol. The number of sulfonamides is 1. The van der Waals surface area contributed by atoms with Gasteiger partial charge in [0.2, 0.25) is 21.8 Å². The Morgan fingerprint density at radius 1 is 0.975 bits per heavy atom. The van der Waals surface area contributed by atoms with Crippen molar-refractivity contribution in [2.45, 2.75) is 57.1 Å². The van der Waals surface area contributed by atoms with Crippen LogP contribution in [0.5, 0.6) is 0 Å². The van der Waals surface area contributed by atoms with E-state index < -0.39 is 28.5 Å². The monoisotopic (exact) mass is 603 g/mol. The van der Waals surface area contributed by atoms with E-state index >= 15 is 0 Å². The number of benzene rings is 3. The first-order valence-corrected chi connectivity index (χ1v) is 15.2. The maximum absolute atomic E-state index is 13.9. The van der Waals surface area contributed by atoms with Gasteiger partial charge in [-0.2, -0.15) is 4.31 Å². The molecular formula is C30H35Cl2N3O4S. The van der Waals surface area contributed by atoms with Crippen LogP contribution in [0.2, 0.25) is 10.0 Å². The molecule has 0 aliphatic rings. The number of carbonyl (C=O) groups excluding carboxylic acids is 2. The zero-order valence-electron chi connectivity index (χ0n) is 23.1. The fourth-order valence-corrected chi connectivity index (χ4v) is 5.67. The molecule has 0 fully saturated rings. The van der Waals surface area contributed by atoms with Crippen molar-refractivity contribution in [3.05, 3.63) is 99.5 Å². The molecule has 1 N–H and O–H groups in total. The molecule has 0 bridgehead atoms. The fraction of sp³-hybridized carbons (Fsp3) is 0.333. The molecule has 0 saturated heterocycles. The van der Waals surface area contributed by atoms with Gasteiger partial charge >= 0.3 is 0 Å². The third-order valence-corrected chi connectivity index (χ3v) is 9.12. The van der Waals surface area contributed by atoms with Crippen LogP contribution in [-0.4, -0.2) is 55.1 Å². The summed E-state index contributed by atoms with van der Waals surface area (Å²) in [5.74, 6) is -0.870. The molecule has 0 aromatic heterocycles. The average molecular weight is 605 g/mol. The normalized spacial score (nSPS) is 13.1. The summed E-state index contributed by atoms with van der Waals surface area (Å²) in [5.41, 5.74) is 2.35. The first kappa shape index (κ1) is 31.6. The molecule has 3 aromatic carbocycles. The fourth-order valence-electron chi connectivity index (χ4n) is 4.08. The van der Waals surface area contributed by atoms with E-state index in [-0.39, 0.29) is 29.8 Å². The first-order chi connectivity index (χ1) is 18.9. The highest BCUT2D eigenvalue weighted by Crippen LogP contribution is 2.25. The third-order valence-electron chi connectivity index (χ3n) is 6.72. The number of rotatable bonds is 12. The SMILES string of the molecule is CC[C@@H](C)NC(=O)[C@@H](Cc1ccccc1)N(Cc1ccc(Cl)cc1Cl)C(=O)CN(C)S(=O)(=O)c1ccc(C)cc1. The molecule has 7 nitrogen and oxygen atoms in total. The molecule has 0 saturated carbocycles. The lowest BCUT2D eigenvalue weighted by Crippen LogP contribution is -2.54. The van der Waals surface area contributed by atoms with Crippen molar-refractivity contribution in [1.82, 2.24) is 14.5 Å². The van der Waals surface area contributed by atoms with Crippen LogP contribution in [0.25, 0.3) is 0 Å². The molecule has 0 aliphatic heterocycles. The summed E-state index contributed by atoms with van der Waals surface area (Å²) in [6, 6.07) is 19.7. The lowest BCUT2D eigenvalue weighted by Gasteiger charge is -2.33. The van der Waals surface area contributed by atoms with Crippen LogP contribution >= 0.6 is 23.2 Å². The highest BCUT2D eigenvalue weighted by molar-refractivity contribution is 7.89. The summed E-state index contributed by atoms with van der Waals surface area (Å²) in [6.45, 7) is 5.23. The largest absolute Gasteiger partial charge is 0.352 e. The zero-order chi connectivity index (χ0) is 29.4. The summed E-state index contributed by atoms with van der Waals surface area (Å²) >= 11 is 12.6. The van der Waals surface area contributed by atoms with E-state index in [2.05, 4.69) is 5.32 Å². The van der Waals surface area contributed by atoms with Crippen molar-refractivity contribution in [2.75, 3.05) is 13.6 Å². The quantitative estimate of drug-likeness (QED) is 0.297. The molecule has 0 aliphatic carbocycles. The molecule has 214 valence electrons. The van der Waals surface area contributed by atoms with Crippen molar-refractivity contribution >= 4 is 45.0 Å². The second kappa shape index (κ2) is 14.1. The summed E-state index contributed by atoms with van der Waals surface area (Å²) in [5, 5.41) is 3.77. The number of hydrogen-bond donors (Lipinski definition) is 1. The van der Waals surface area contributed by atoms with Crippen LogP contribution < -0.4 is 5.32 Å². The van der Waals surface area contributed by atoms with Gasteiger partial charge in [-0.15, -0.1) is 0 Å². The van der Waals surface area contributed by atoms with Gasteiger partial charge in [0.25, 0.3) is 0 Å². The van der Waals surface area contributed by atoms with Gasteiger partial charge in [0.1, 0.15) is 6.04 Å². The maximum Gasteiger partial charge on any atom is 0.243 e. The van der Waals surface area contributed by atoms with E-state index in [9.17, 15) is 18.0 Å². The van der Waals surface area contributed by atoms with E-state index in [4.69, 9.17) is 23.2 Å². The molecule has 3 aromatic rings. The van der Waals surface area contributed by atoms with Crippen LogP contribution in [0.1, 0.15) is 37.0 Å². The molecule has 2 atom stereocenters. The van der Waals surface area contributed by atoms with Gasteiger partial charge in [-0.3, -0.25) is 9.59 Å². The van der Waals surface area contributed by atoms with Crippen LogP contribution in [0, 0.1) is 6.92 Å². The molecule has 10 heteroatoms. The minimum absolute atomic E-state index is 0.0152. The molecule has 0 heterocycles. The molecule has 0 radical (unpaired) electrons. The van der Waals surface area contributed by atoms with Gasteiger partial charge < -0.3 is 10.2 Å². The smallest absolute Gasteiger partial charge is 0.243 e. The van der Waals surface area contributed by atoms with E-state index in [1.807, 2.05) is 51.1 Å². The summed E-state index contributed by atoms with van der Waals surface area (Å²) in [6.07, 6.45) is 0.937.